The zero-order valence-electron chi connectivity index (χ0n) is 4.13. The second-order valence-electron chi connectivity index (χ2n) is 1.22. The molecule has 1 aromatic rings. The van der Waals surface area contributed by atoms with Crippen molar-refractivity contribution < 1.29 is 0 Å². The summed E-state index contributed by atoms with van der Waals surface area (Å²) in [5.74, 6) is 2.10. The molecule has 8 heavy (non-hydrogen) atoms. The van der Waals surface area contributed by atoms with Gasteiger partial charge in [-0.15, -0.1) is 0 Å². The first-order valence-electron chi connectivity index (χ1n) is 2.12. The van der Waals surface area contributed by atoms with Gasteiger partial charge in [0.15, 0.2) is 0 Å². The van der Waals surface area contributed by atoms with Gasteiger partial charge in [-0.3, -0.25) is 4.98 Å². The Morgan fingerprint density at radius 1 is 1.50 bits per heavy atom. The maximum Gasteiger partial charge on any atom is 0.132 e. The predicted octanol–water partition coefficient (Wildman–Crippen LogP) is 0.414. The van der Waals surface area contributed by atoms with Crippen LogP contribution in [0.5, 0.6) is 0 Å². The first kappa shape index (κ1) is 4.79. The standard InChI is InChI=1S/C6H3N2/c1-2-6-5-7-3-4-8-6/h3-5H. The molecule has 0 aliphatic heterocycles. The van der Waals surface area contributed by atoms with Gasteiger partial charge in [-0.25, -0.2) is 4.98 Å². The third-order valence-corrected chi connectivity index (χ3v) is 0.691. The molecule has 0 aliphatic carbocycles. The summed E-state index contributed by atoms with van der Waals surface area (Å²) in [6, 6.07) is 0. The molecule has 0 bridgehead atoms. The Labute approximate surface area is 47.6 Å². The van der Waals surface area contributed by atoms with Gasteiger partial charge in [-0.05, 0) is 12.3 Å². The van der Waals surface area contributed by atoms with Crippen LogP contribution in [-0.2, 0) is 0 Å². The van der Waals surface area contributed by atoms with Crippen molar-refractivity contribution in [3.8, 4) is 5.92 Å². The molecule has 0 atom stereocenters. The molecule has 1 rings (SSSR count). The molecule has 0 aromatic carbocycles. The van der Waals surface area contributed by atoms with Crippen LogP contribution in [-0.4, -0.2) is 9.97 Å². The molecule has 0 aliphatic rings. The Bertz CT molecular complexity index is 198. The SMILES string of the molecule is [C]#Cc1cnccn1. The van der Waals surface area contributed by atoms with Crippen LogP contribution in [0.2, 0.25) is 0 Å². The number of rotatable bonds is 0. The summed E-state index contributed by atoms with van der Waals surface area (Å²) in [6.07, 6.45) is 11.2. The number of aromatic nitrogens is 2. The summed E-state index contributed by atoms with van der Waals surface area (Å²) in [4.78, 5) is 7.45. The molecule has 0 N–H and O–H groups in total. The smallest absolute Gasteiger partial charge is 0.132 e. The van der Waals surface area contributed by atoms with Crippen LogP contribution in [0, 0.1) is 12.3 Å². The van der Waals surface area contributed by atoms with E-state index in [0.29, 0.717) is 5.69 Å². The summed E-state index contributed by atoms with van der Waals surface area (Å²) >= 11 is 0. The molecule has 0 amide bonds. The molecule has 0 spiro atoms. The molecule has 1 aromatic heterocycles. The number of nitrogens with zero attached hydrogens (tertiary/aromatic N) is 2. The Morgan fingerprint density at radius 2 is 2.38 bits per heavy atom. The van der Waals surface area contributed by atoms with Crippen molar-refractivity contribution in [1.82, 2.24) is 9.97 Å². The fraction of sp³-hybridized carbons (Fsp3) is 0. The lowest BCUT2D eigenvalue weighted by atomic mass is 10.5. The first-order chi connectivity index (χ1) is 3.93. The first-order valence-corrected chi connectivity index (χ1v) is 2.12. The molecule has 0 saturated carbocycles. The van der Waals surface area contributed by atoms with Gasteiger partial charge in [0.1, 0.15) is 5.69 Å². The minimum Gasteiger partial charge on any atom is -0.260 e. The van der Waals surface area contributed by atoms with E-state index >= 15 is 0 Å². The highest BCUT2D eigenvalue weighted by atomic mass is 14.7. The van der Waals surface area contributed by atoms with Gasteiger partial charge >= 0.3 is 0 Å². The van der Waals surface area contributed by atoms with E-state index in [1.54, 1.807) is 6.20 Å². The van der Waals surface area contributed by atoms with E-state index in [0.717, 1.165) is 0 Å². The molecule has 2 heteroatoms. The fourth-order valence-electron chi connectivity index (χ4n) is 0.364. The van der Waals surface area contributed by atoms with Gasteiger partial charge in [0.2, 0.25) is 0 Å². The zero-order chi connectivity index (χ0) is 5.82. The molecule has 1 heterocycles. The molecule has 2 nitrogen and oxygen atoms in total. The highest BCUT2D eigenvalue weighted by Gasteiger charge is 1.79. The summed E-state index contributed by atoms with van der Waals surface area (Å²) in [7, 11) is 0. The highest BCUT2D eigenvalue weighted by Crippen LogP contribution is 1.82. The second-order valence-corrected chi connectivity index (χ2v) is 1.22. The lowest BCUT2D eigenvalue weighted by Crippen LogP contribution is -1.79. The fourth-order valence-corrected chi connectivity index (χ4v) is 0.364. The normalized spacial score (nSPS) is 7.88. The van der Waals surface area contributed by atoms with Crippen LogP contribution in [0.3, 0.4) is 0 Å². The predicted molar refractivity (Wildman–Crippen MR) is 28.3 cm³/mol. The van der Waals surface area contributed by atoms with Gasteiger partial charge in [0.05, 0.1) is 6.20 Å². The Hall–Kier alpha value is -1.36. The molecular weight excluding hydrogens is 100 g/mol. The van der Waals surface area contributed by atoms with E-state index < -0.39 is 0 Å². The van der Waals surface area contributed by atoms with Gasteiger partial charge in [0.25, 0.3) is 0 Å². The summed E-state index contributed by atoms with van der Waals surface area (Å²) < 4.78 is 0. The third kappa shape index (κ3) is 0.824. The van der Waals surface area contributed by atoms with E-state index in [1.165, 1.54) is 12.4 Å². The van der Waals surface area contributed by atoms with Gasteiger partial charge in [-0.1, -0.05) is 0 Å². The van der Waals surface area contributed by atoms with Crippen molar-refractivity contribution in [3.63, 3.8) is 0 Å². The Balaban J connectivity index is 3.05. The minimum absolute atomic E-state index is 0.465. The monoisotopic (exact) mass is 103 g/mol. The number of hydrogen-bond donors (Lipinski definition) is 0. The summed E-state index contributed by atoms with van der Waals surface area (Å²) in [5, 5.41) is 0. The minimum atomic E-state index is 0.465. The van der Waals surface area contributed by atoms with Crippen molar-refractivity contribution in [2.75, 3.05) is 0 Å². The molecule has 0 fully saturated rings. The zero-order valence-corrected chi connectivity index (χ0v) is 4.13. The van der Waals surface area contributed by atoms with Crippen LogP contribution < -0.4 is 0 Å². The average Bonchev–Trinajstić information content (AvgIpc) is 1.90. The lowest BCUT2D eigenvalue weighted by molar-refractivity contribution is 1.17. The van der Waals surface area contributed by atoms with Gasteiger partial charge in [0, 0.05) is 12.4 Å². The summed E-state index contributed by atoms with van der Waals surface area (Å²) in [5.41, 5.74) is 0.465. The Kier molecular flexibility index (Phi) is 1.25. The number of hydrogen-bond acceptors (Lipinski definition) is 2. The van der Waals surface area contributed by atoms with Crippen LogP contribution >= 0.6 is 0 Å². The van der Waals surface area contributed by atoms with Crippen molar-refractivity contribution >= 4 is 0 Å². The van der Waals surface area contributed by atoms with Crippen LogP contribution in [0.15, 0.2) is 18.6 Å². The summed E-state index contributed by atoms with van der Waals surface area (Å²) in [6.45, 7) is 0. The van der Waals surface area contributed by atoms with Crippen LogP contribution in [0.4, 0.5) is 0 Å². The van der Waals surface area contributed by atoms with Crippen molar-refractivity contribution in [1.29, 1.82) is 0 Å². The maximum absolute atomic E-state index is 6.59. The van der Waals surface area contributed by atoms with Crippen molar-refractivity contribution in [3.05, 3.63) is 30.7 Å². The maximum atomic E-state index is 6.59. The van der Waals surface area contributed by atoms with Crippen LogP contribution in [0.1, 0.15) is 5.69 Å². The third-order valence-electron chi connectivity index (χ3n) is 0.691. The second kappa shape index (κ2) is 2.08. The van der Waals surface area contributed by atoms with E-state index in [9.17, 15) is 0 Å². The molecule has 0 unspecified atom stereocenters. The molecule has 37 valence electrons. The van der Waals surface area contributed by atoms with E-state index in [-0.39, 0.29) is 0 Å². The van der Waals surface area contributed by atoms with E-state index in [2.05, 4.69) is 15.9 Å². The average molecular weight is 103 g/mol. The van der Waals surface area contributed by atoms with E-state index in [1.807, 2.05) is 0 Å². The van der Waals surface area contributed by atoms with E-state index in [4.69, 9.17) is 6.42 Å². The quantitative estimate of drug-likeness (QED) is 0.444. The van der Waals surface area contributed by atoms with Gasteiger partial charge < -0.3 is 0 Å². The van der Waals surface area contributed by atoms with Crippen molar-refractivity contribution in [2.24, 2.45) is 0 Å². The van der Waals surface area contributed by atoms with Crippen LogP contribution in [0.25, 0.3) is 0 Å². The highest BCUT2D eigenvalue weighted by molar-refractivity contribution is 5.16. The van der Waals surface area contributed by atoms with Gasteiger partial charge in [-0.2, -0.15) is 0 Å². The Morgan fingerprint density at radius 3 is 2.75 bits per heavy atom. The molecule has 1 radical (unpaired) electrons. The molecule has 0 saturated heterocycles. The largest absolute Gasteiger partial charge is 0.260 e. The lowest BCUT2D eigenvalue weighted by Gasteiger charge is -1.81. The molecular formula is C6H3N2. The topological polar surface area (TPSA) is 25.8 Å². The van der Waals surface area contributed by atoms with Crippen molar-refractivity contribution in [2.45, 2.75) is 0 Å².